The van der Waals surface area contributed by atoms with E-state index in [0.29, 0.717) is 11.3 Å². The van der Waals surface area contributed by atoms with E-state index >= 15 is 0 Å². The lowest BCUT2D eigenvalue weighted by Crippen LogP contribution is -2.19. The van der Waals surface area contributed by atoms with Gasteiger partial charge in [0, 0.05) is 17.5 Å². The molecule has 2 nitrogen and oxygen atoms in total. The van der Waals surface area contributed by atoms with Crippen molar-refractivity contribution in [2.45, 2.75) is 50.4 Å². The first-order chi connectivity index (χ1) is 7.63. The topological polar surface area (TPSA) is 24.9 Å². The van der Waals surface area contributed by atoms with Crippen LogP contribution in [0.4, 0.5) is 0 Å². The Labute approximate surface area is 103 Å². The first-order valence-corrected chi connectivity index (χ1v) is 6.87. The molecule has 16 heavy (non-hydrogen) atoms. The summed E-state index contributed by atoms with van der Waals surface area (Å²) in [6.07, 6.45) is 3.15. The zero-order valence-electron chi connectivity index (χ0n) is 10.7. The number of nitrogens with one attached hydrogen (secondary N) is 1. The highest BCUT2D eigenvalue weighted by atomic mass is 32.2. The molecule has 1 aromatic heterocycles. The summed E-state index contributed by atoms with van der Waals surface area (Å²) in [5.41, 5.74) is 1.27. The zero-order chi connectivity index (χ0) is 12.0. The maximum Gasteiger partial charge on any atom is 0.0962 e. The number of hydrogen-bond acceptors (Lipinski definition) is 3. The second-order valence-electron chi connectivity index (χ2n) is 4.27. The smallest absolute Gasteiger partial charge is 0.0962 e. The summed E-state index contributed by atoms with van der Waals surface area (Å²) in [5.74, 6) is 0. The Bertz CT molecular complexity index is 295. The van der Waals surface area contributed by atoms with Crippen molar-refractivity contribution < 1.29 is 0 Å². The van der Waals surface area contributed by atoms with Crippen LogP contribution in [-0.2, 0) is 0 Å². The minimum absolute atomic E-state index is 0.394. The van der Waals surface area contributed by atoms with Gasteiger partial charge in [0.25, 0.3) is 0 Å². The highest BCUT2D eigenvalue weighted by molar-refractivity contribution is 7.99. The fraction of sp³-hybridized carbons (Fsp3) is 0.615. The Balaban J connectivity index is 2.56. The lowest BCUT2D eigenvalue weighted by Gasteiger charge is -2.13. The number of aromatic nitrogens is 1. The van der Waals surface area contributed by atoms with Crippen LogP contribution >= 0.6 is 11.8 Å². The van der Waals surface area contributed by atoms with Crippen molar-refractivity contribution in [1.29, 1.82) is 0 Å². The molecule has 90 valence electrons. The Morgan fingerprint density at radius 1 is 1.31 bits per heavy atom. The van der Waals surface area contributed by atoms with Crippen LogP contribution in [0.15, 0.2) is 23.4 Å². The van der Waals surface area contributed by atoms with E-state index in [0.717, 1.165) is 11.6 Å². The van der Waals surface area contributed by atoms with E-state index in [1.54, 1.807) is 11.8 Å². The molecule has 0 aliphatic heterocycles. The summed E-state index contributed by atoms with van der Waals surface area (Å²) < 4.78 is 0. The summed E-state index contributed by atoms with van der Waals surface area (Å²) in [6, 6.07) is 4.68. The van der Waals surface area contributed by atoms with Crippen LogP contribution in [0.5, 0.6) is 0 Å². The lowest BCUT2D eigenvalue weighted by molar-refractivity contribution is 0.568. The maximum atomic E-state index is 4.47. The molecule has 0 saturated heterocycles. The molecule has 0 radical (unpaired) electrons. The SMILES string of the molecule is CCCNC(C)c1ccc(SC(C)C)nc1. The van der Waals surface area contributed by atoms with Gasteiger partial charge < -0.3 is 5.32 Å². The Hall–Kier alpha value is -0.540. The molecule has 1 atom stereocenters. The minimum atomic E-state index is 0.394. The Morgan fingerprint density at radius 2 is 2.06 bits per heavy atom. The van der Waals surface area contributed by atoms with Gasteiger partial charge in [-0.15, -0.1) is 11.8 Å². The number of hydrogen-bond donors (Lipinski definition) is 1. The molecule has 0 aliphatic carbocycles. The van der Waals surface area contributed by atoms with E-state index in [4.69, 9.17) is 0 Å². The van der Waals surface area contributed by atoms with Crippen LogP contribution in [0.25, 0.3) is 0 Å². The van der Waals surface area contributed by atoms with Crippen LogP contribution in [0, 0.1) is 0 Å². The van der Waals surface area contributed by atoms with Gasteiger partial charge in [-0.2, -0.15) is 0 Å². The first-order valence-electron chi connectivity index (χ1n) is 5.99. The second-order valence-corrected chi connectivity index (χ2v) is 5.87. The molecule has 0 saturated carbocycles. The van der Waals surface area contributed by atoms with Crippen LogP contribution in [-0.4, -0.2) is 16.8 Å². The third-order valence-electron chi connectivity index (χ3n) is 2.32. The summed E-state index contributed by atoms with van der Waals surface area (Å²) >= 11 is 1.81. The zero-order valence-corrected chi connectivity index (χ0v) is 11.5. The summed E-state index contributed by atoms with van der Waals surface area (Å²) in [5, 5.41) is 5.17. The van der Waals surface area contributed by atoms with Crippen LogP contribution in [0.3, 0.4) is 0 Å². The van der Waals surface area contributed by atoms with Crippen molar-refractivity contribution in [3.05, 3.63) is 23.9 Å². The van der Waals surface area contributed by atoms with Crippen molar-refractivity contribution in [3.63, 3.8) is 0 Å². The third-order valence-corrected chi connectivity index (χ3v) is 3.27. The average Bonchev–Trinajstić information content (AvgIpc) is 2.26. The summed E-state index contributed by atoms with van der Waals surface area (Å²) in [4.78, 5) is 4.47. The van der Waals surface area contributed by atoms with E-state index in [1.165, 1.54) is 12.0 Å². The van der Waals surface area contributed by atoms with Crippen LogP contribution in [0.2, 0.25) is 0 Å². The van der Waals surface area contributed by atoms with Crippen molar-refractivity contribution in [2.75, 3.05) is 6.54 Å². The van der Waals surface area contributed by atoms with Gasteiger partial charge in [0.15, 0.2) is 0 Å². The monoisotopic (exact) mass is 238 g/mol. The molecule has 0 spiro atoms. The predicted octanol–water partition coefficient (Wildman–Crippen LogP) is 3.64. The van der Waals surface area contributed by atoms with E-state index in [1.807, 2.05) is 6.20 Å². The van der Waals surface area contributed by atoms with Gasteiger partial charge in [0.05, 0.1) is 5.03 Å². The standard InChI is InChI=1S/C13H22N2S/c1-5-8-14-11(4)12-6-7-13(15-9-12)16-10(2)3/h6-7,9-11,14H,5,8H2,1-4H3. The Kier molecular flexibility index (Phi) is 5.85. The van der Waals surface area contributed by atoms with E-state index < -0.39 is 0 Å². The van der Waals surface area contributed by atoms with Gasteiger partial charge in [0.1, 0.15) is 0 Å². The van der Waals surface area contributed by atoms with Crippen molar-refractivity contribution in [2.24, 2.45) is 0 Å². The van der Waals surface area contributed by atoms with Gasteiger partial charge in [-0.3, -0.25) is 0 Å². The van der Waals surface area contributed by atoms with Gasteiger partial charge in [-0.25, -0.2) is 4.98 Å². The molecule has 1 rings (SSSR count). The maximum absolute atomic E-state index is 4.47. The van der Waals surface area contributed by atoms with E-state index in [9.17, 15) is 0 Å². The molecule has 3 heteroatoms. The van der Waals surface area contributed by atoms with Gasteiger partial charge in [0.2, 0.25) is 0 Å². The quantitative estimate of drug-likeness (QED) is 0.766. The molecule has 1 aromatic rings. The Morgan fingerprint density at radius 3 is 2.56 bits per heavy atom. The number of rotatable bonds is 6. The predicted molar refractivity (Wildman–Crippen MR) is 71.9 cm³/mol. The fourth-order valence-corrected chi connectivity index (χ4v) is 2.18. The minimum Gasteiger partial charge on any atom is -0.310 e. The largest absolute Gasteiger partial charge is 0.310 e. The number of pyridine rings is 1. The molecule has 1 N–H and O–H groups in total. The van der Waals surface area contributed by atoms with Gasteiger partial charge >= 0.3 is 0 Å². The second kappa shape index (κ2) is 6.92. The van der Waals surface area contributed by atoms with E-state index in [-0.39, 0.29) is 0 Å². The lowest BCUT2D eigenvalue weighted by atomic mass is 10.1. The molecule has 0 amide bonds. The summed E-state index contributed by atoms with van der Waals surface area (Å²) in [6.45, 7) is 9.79. The normalized spacial score (nSPS) is 13.1. The molecular weight excluding hydrogens is 216 g/mol. The number of thioether (sulfide) groups is 1. The fourth-order valence-electron chi connectivity index (χ4n) is 1.44. The average molecular weight is 238 g/mol. The van der Waals surface area contributed by atoms with Crippen LogP contribution < -0.4 is 5.32 Å². The molecular formula is C13H22N2S. The van der Waals surface area contributed by atoms with Gasteiger partial charge in [-0.1, -0.05) is 26.8 Å². The van der Waals surface area contributed by atoms with Crippen molar-refractivity contribution in [1.82, 2.24) is 10.3 Å². The van der Waals surface area contributed by atoms with Gasteiger partial charge in [-0.05, 0) is 31.5 Å². The molecule has 1 unspecified atom stereocenters. The molecule has 1 heterocycles. The molecule has 0 aromatic carbocycles. The van der Waals surface area contributed by atoms with E-state index in [2.05, 4.69) is 50.1 Å². The van der Waals surface area contributed by atoms with Crippen LogP contribution in [0.1, 0.15) is 45.7 Å². The first kappa shape index (κ1) is 13.5. The van der Waals surface area contributed by atoms with Crippen molar-refractivity contribution >= 4 is 11.8 Å². The third kappa shape index (κ3) is 4.54. The molecule has 0 bridgehead atoms. The summed E-state index contributed by atoms with van der Waals surface area (Å²) in [7, 11) is 0. The highest BCUT2D eigenvalue weighted by Crippen LogP contribution is 2.21. The number of nitrogens with zero attached hydrogens (tertiary/aromatic N) is 1. The molecule has 0 fully saturated rings. The highest BCUT2D eigenvalue weighted by Gasteiger charge is 2.05. The molecule has 0 aliphatic rings. The van der Waals surface area contributed by atoms with Crippen molar-refractivity contribution in [3.8, 4) is 0 Å².